The second-order valence-electron chi connectivity index (χ2n) is 8.59. The SMILES string of the molecule is CC1(C)c2cc(S(=O)(=O)N(C3COCCN3)C(C=O)c3ccccc3)ccc2OC1C(=O)O. The molecule has 1 fully saturated rings. The predicted molar refractivity (Wildman–Crippen MR) is 118 cm³/mol. The van der Waals surface area contributed by atoms with Gasteiger partial charge >= 0.3 is 5.97 Å². The van der Waals surface area contributed by atoms with Crippen molar-refractivity contribution in [1.29, 1.82) is 0 Å². The molecule has 176 valence electrons. The third-order valence-corrected chi connectivity index (χ3v) is 7.98. The summed E-state index contributed by atoms with van der Waals surface area (Å²) in [5, 5.41) is 12.7. The van der Waals surface area contributed by atoms with E-state index in [0.717, 1.165) is 4.31 Å². The lowest BCUT2D eigenvalue weighted by molar-refractivity contribution is -0.146. The van der Waals surface area contributed by atoms with Crippen LogP contribution in [0.4, 0.5) is 0 Å². The van der Waals surface area contributed by atoms with Gasteiger partial charge in [0.1, 0.15) is 18.1 Å². The Bertz CT molecular complexity index is 1140. The molecule has 4 rings (SSSR count). The third kappa shape index (κ3) is 4.15. The standard InChI is InChI=1S/C23H26N2O7S/c1-23(2)17-12-16(8-9-19(17)32-21(23)22(27)28)33(29,30)25(20-14-31-11-10-24-20)18(13-26)15-6-4-3-5-7-15/h3-9,12-13,18,20-21,24H,10-11,14H2,1-2H3,(H,27,28). The summed E-state index contributed by atoms with van der Waals surface area (Å²) in [5.41, 5.74) is 0.0538. The maximum atomic E-state index is 13.9. The quantitative estimate of drug-likeness (QED) is 0.582. The van der Waals surface area contributed by atoms with Crippen LogP contribution < -0.4 is 10.1 Å². The number of aldehydes is 1. The monoisotopic (exact) mass is 474 g/mol. The molecule has 1 saturated heterocycles. The van der Waals surface area contributed by atoms with E-state index in [4.69, 9.17) is 9.47 Å². The number of nitrogens with one attached hydrogen (secondary N) is 1. The zero-order valence-electron chi connectivity index (χ0n) is 18.3. The van der Waals surface area contributed by atoms with E-state index in [2.05, 4.69) is 5.32 Å². The summed E-state index contributed by atoms with van der Waals surface area (Å²) in [6, 6.07) is 11.9. The molecule has 2 heterocycles. The predicted octanol–water partition coefficient (Wildman–Crippen LogP) is 1.69. The molecular formula is C23H26N2O7S. The number of aliphatic carboxylic acids is 1. The van der Waals surface area contributed by atoms with Gasteiger partial charge in [-0.05, 0) is 23.8 Å². The van der Waals surface area contributed by atoms with Crippen LogP contribution in [-0.2, 0) is 29.8 Å². The fourth-order valence-electron chi connectivity index (χ4n) is 4.33. The molecule has 2 aromatic rings. The Morgan fingerprint density at radius 3 is 2.58 bits per heavy atom. The summed E-state index contributed by atoms with van der Waals surface area (Å²) in [7, 11) is -4.21. The topological polar surface area (TPSA) is 122 Å². The summed E-state index contributed by atoms with van der Waals surface area (Å²) >= 11 is 0. The first-order chi connectivity index (χ1) is 15.7. The number of hydrogen-bond acceptors (Lipinski definition) is 7. The van der Waals surface area contributed by atoms with E-state index >= 15 is 0 Å². The van der Waals surface area contributed by atoms with Crippen LogP contribution in [0.25, 0.3) is 0 Å². The van der Waals surface area contributed by atoms with Crippen molar-refractivity contribution in [2.45, 2.75) is 42.5 Å². The molecule has 0 aliphatic carbocycles. The van der Waals surface area contributed by atoms with Crippen LogP contribution in [0.2, 0.25) is 0 Å². The van der Waals surface area contributed by atoms with Crippen LogP contribution in [0, 0.1) is 0 Å². The van der Waals surface area contributed by atoms with Gasteiger partial charge in [-0.15, -0.1) is 0 Å². The van der Waals surface area contributed by atoms with Crippen LogP contribution in [0.1, 0.15) is 31.0 Å². The second-order valence-corrected chi connectivity index (χ2v) is 10.4. The van der Waals surface area contributed by atoms with Gasteiger partial charge in [0.05, 0.1) is 24.3 Å². The first kappa shape index (κ1) is 23.4. The van der Waals surface area contributed by atoms with Crippen LogP contribution in [-0.4, -0.2) is 62.1 Å². The summed E-state index contributed by atoms with van der Waals surface area (Å²) < 4.78 is 40.1. The summed E-state index contributed by atoms with van der Waals surface area (Å²) in [4.78, 5) is 23.8. The molecule has 2 N–H and O–H groups in total. The van der Waals surface area contributed by atoms with Gasteiger partial charge in [0, 0.05) is 17.5 Å². The average molecular weight is 475 g/mol. The number of carboxylic acid groups (broad SMARTS) is 1. The fraction of sp³-hybridized carbons (Fsp3) is 0.391. The number of morpholine rings is 1. The Balaban J connectivity index is 1.81. The number of ether oxygens (including phenoxy) is 2. The van der Waals surface area contributed by atoms with Crippen molar-refractivity contribution in [3.8, 4) is 5.75 Å². The van der Waals surface area contributed by atoms with Gasteiger partial charge in [0.25, 0.3) is 0 Å². The highest BCUT2D eigenvalue weighted by atomic mass is 32.2. The molecule has 3 unspecified atom stereocenters. The number of benzene rings is 2. The van der Waals surface area contributed by atoms with Gasteiger partial charge in [-0.1, -0.05) is 44.2 Å². The van der Waals surface area contributed by atoms with Crippen molar-refractivity contribution in [2.75, 3.05) is 19.8 Å². The largest absolute Gasteiger partial charge is 0.478 e. The number of carboxylic acids is 1. The van der Waals surface area contributed by atoms with Crippen molar-refractivity contribution in [3.63, 3.8) is 0 Å². The minimum absolute atomic E-state index is 0.0564. The molecule has 2 aromatic carbocycles. The fourth-order valence-corrected chi connectivity index (χ4v) is 6.02. The molecule has 10 heteroatoms. The normalized spacial score (nSPS) is 22.9. The van der Waals surface area contributed by atoms with E-state index in [1.807, 2.05) is 0 Å². The van der Waals surface area contributed by atoms with Crippen LogP contribution >= 0.6 is 0 Å². The van der Waals surface area contributed by atoms with Crippen molar-refractivity contribution >= 4 is 22.3 Å². The van der Waals surface area contributed by atoms with Crippen LogP contribution in [0.15, 0.2) is 53.4 Å². The minimum atomic E-state index is -4.21. The van der Waals surface area contributed by atoms with Gasteiger partial charge in [-0.3, -0.25) is 5.32 Å². The van der Waals surface area contributed by atoms with Gasteiger partial charge < -0.3 is 19.4 Å². The Labute approximate surface area is 192 Å². The average Bonchev–Trinajstić information content (AvgIpc) is 3.08. The maximum Gasteiger partial charge on any atom is 0.345 e. The third-order valence-electron chi connectivity index (χ3n) is 6.10. The molecule has 33 heavy (non-hydrogen) atoms. The molecule has 9 nitrogen and oxygen atoms in total. The maximum absolute atomic E-state index is 13.9. The Hall–Kier alpha value is -2.79. The Morgan fingerprint density at radius 2 is 1.97 bits per heavy atom. The smallest absolute Gasteiger partial charge is 0.345 e. The molecule has 3 atom stereocenters. The van der Waals surface area contributed by atoms with E-state index in [-0.39, 0.29) is 11.5 Å². The number of rotatable bonds is 7. The molecule has 0 spiro atoms. The lowest BCUT2D eigenvalue weighted by Crippen LogP contribution is -2.56. The number of nitrogens with zero attached hydrogens (tertiary/aromatic N) is 1. The van der Waals surface area contributed by atoms with E-state index < -0.39 is 39.7 Å². The Kier molecular flexibility index (Phi) is 6.28. The molecule has 2 aliphatic heterocycles. The van der Waals surface area contributed by atoms with Crippen molar-refractivity contribution in [2.24, 2.45) is 0 Å². The number of carbonyl (C=O) groups excluding carboxylic acids is 1. The first-order valence-electron chi connectivity index (χ1n) is 10.6. The number of fused-ring (bicyclic) bond motifs is 1. The van der Waals surface area contributed by atoms with Gasteiger partial charge in [0.15, 0.2) is 0 Å². The Morgan fingerprint density at radius 1 is 1.24 bits per heavy atom. The van der Waals surface area contributed by atoms with E-state index in [9.17, 15) is 23.1 Å². The highest BCUT2D eigenvalue weighted by Gasteiger charge is 2.47. The summed E-state index contributed by atoms with van der Waals surface area (Å²) in [6.45, 7) is 4.34. The van der Waals surface area contributed by atoms with Crippen molar-refractivity contribution in [3.05, 3.63) is 59.7 Å². The number of sulfonamides is 1. The molecule has 2 aliphatic rings. The number of hydrogen-bond donors (Lipinski definition) is 2. The molecule has 0 amide bonds. The zero-order valence-corrected chi connectivity index (χ0v) is 19.1. The zero-order chi connectivity index (χ0) is 23.8. The lowest BCUT2D eigenvalue weighted by atomic mass is 9.81. The minimum Gasteiger partial charge on any atom is -0.478 e. The van der Waals surface area contributed by atoms with E-state index in [0.29, 0.717) is 36.3 Å². The molecule has 0 aromatic heterocycles. The van der Waals surface area contributed by atoms with E-state index in [1.54, 1.807) is 44.2 Å². The van der Waals surface area contributed by atoms with Gasteiger partial charge in [-0.2, -0.15) is 4.31 Å². The lowest BCUT2D eigenvalue weighted by Gasteiger charge is -2.37. The molecule has 0 radical (unpaired) electrons. The van der Waals surface area contributed by atoms with Gasteiger partial charge in [0.2, 0.25) is 16.1 Å². The molecule has 0 saturated carbocycles. The van der Waals surface area contributed by atoms with Crippen molar-refractivity contribution < 1.29 is 32.6 Å². The number of carbonyl (C=O) groups is 2. The first-order valence-corrected chi connectivity index (χ1v) is 12.0. The van der Waals surface area contributed by atoms with Crippen LogP contribution in [0.3, 0.4) is 0 Å². The molecule has 0 bridgehead atoms. The van der Waals surface area contributed by atoms with E-state index in [1.165, 1.54) is 18.2 Å². The molecular weight excluding hydrogens is 448 g/mol. The highest BCUT2D eigenvalue weighted by Crippen LogP contribution is 2.44. The second kappa shape index (κ2) is 8.86. The highest BCUT2D eigenvalue weighted by molar-refractivity contribution is 7.89. The van der Waals surface area contributed by atoms with Crippen molar-refractivity contribution in [1.82, 2.24) is 9.62 Å². The van der Waals surface area contributed by atoms with Gasteiger partial charge in [-0.25, -0.2) is 13.2 Å². The summed E-state index contributed by atoms with van der Waals surface area (Å²) in [6.07, 6.45) is -1.30. The summed E-state index contributed by atoms with van der Waals surface area (Å²) in [5.74, 6) is -0.803. The van der Waals surface area contributed by atoms with Crippen LogP contribution in [0.5, 0.6) is 5.75 Å².